The van der Waals surface area contributed by atoms with Gasteiger partial charge in [-0.25, -0.2) is 14.7 Å². The number of hydrogen-bond acceptors (Lipinski definition) is 6. The van der Waals surface area contributed by atoms with Crippen LogP contribution in [0.3, 0.4) is 0 Å². The van der Waals surface area contributed by atoms with Crippen LogP contribution in [-0.2, 0) is 0 Å². The van der Waals surface area contributed by atoms with E-state index in [0.717, 1.165) is 0 Å². The Morgan fingerprint density at radius 1 is 1.15 bits per heavy atom. The van der Waals surface area contributed by atoms with E-state index in [1.54, 1.807) is 69.5 Å². The number of rotatable bonds is 7. The number of urea groups is 1. The van der Waals surface area contributed by atoms with Crippen LogP contribution in [-0.4, -0.2) is 39.9 Å². The number of anilines is 4. The van der Waals surface area contributed by atoms with Gasteiger partial charge in [0.05, 0.1) is 40.2 Å². The summed E-state index contributed by atoms with van der Waals surface area (Å²) in [6, 6.07) is 12.6. The molecule has 1 unspecified atom stereocenters. The number of halogens is 2. The smallest absolute Gasteiger partial charge is 0.332 e. The zero-order valence-corrected chi connectivity index (χ0v) is 20.1. The van der Waals surface area contributed by atoms with Crippen molar-refractivity contribution in [3.63, 3.8) is 0 Å². The second-order valence-electron chi connectivity index (χ2n) is 7.82. The molecule has 0 aliphatic heterocycles. The largest absolute Gasteiger partial charge is 0.497 e. The van der Waals surface area contributed by atoms with Crippen LogP contribution in [0.15, 0.2) is 54.7 Å². The number of aromatic nitrogens is 2. The number of benzene rings is 2. The molecular weight excluding hydrogens is 465 g/mol. The standard InChI is InChI=1S/C23H25Cl2N5O3/c1-14(23(2,3)32)27-21-26-13-12-19(29-21)30(15-8-10-16(33-4)11-9-15)22(31)28-18-7-5-6-17(24)20(18)25/h5-14,32H,1-4H3,(H,28,31)(H,26,27,29). The molecule has 3 aromatic rings. The third-order valence-corrected chi connectivity index (χ3v) is 5.82. The molecule has 0 fully saturated rings. The summed E-state index contributed by atoms with van der Waals surface area (Å²) in [5.41, 5.74) is -0.113. The van der Waals surface area contributed by atoms with Crippen LogP contribution >= 0.6 is 23.2 Å². The quantitative estimate of drug-likeness (QED) is 0.391. The molecule has 0 aliphatic carbocycles. The highest BCUT2D eigenvalue weighted by Gasteiger charge is 2.25. The number of methoxy groups -OCH3 is 1. The summed E-state index contributed by atoms with van der Waals surface area (Å²) < 4.78 is 5.22. The lowest BCUT2D eigenvalue weighted by molar-refractivity contribution is 0.0646. The van der Waals surface area contributed by atoms with Crippen molar-refractivity contribution in [1.82, 2.24) is 9.97 Å². The van der Waals surface area contributed by atoms with Crippen LogP contribution in [0, 0.1) is 0 Å². The molecule has 2 amide bonds. The van der Waals surface area contributed by atoms with E-state index < -0.39 is 11.6 Å². The van der Waals surface area contributed by atoms with Crippen molar-refractivity contribution in [2.75, 3.05) is 22.6 Å². The van der Waals surface area contributed by atoms with Gasteiger partial charge in [0.1, 0.15) is 11.6 Å². The number of aliphatic hydroxyl groups is 1. The topological polar surface area (TPSA) is 99.6 Å². The first kappa shape index (κ1) is 24.6. The van der Waals surface area contributed by atoms with Gasteiger partial charge in [-0.05, 0) is 57.2 Å². The first-order valence-corrected chi connectivity index (χ1v) is 10.9. The van der Waals surface area contributed by atoms with Crippen molar-refractivity contribution in [2.24, 2.45) is 0 Å². The highest BCUT2D eigenvalue weighted by atomic mass is 35.5. The van der Waals surface area contributed by atoms with Gasteiger partial charge < -0.3 is 20.5 Å². The van der Waals surface area contributed by atoms with Crippen molar-refractivity contribution in [3.05, 3.63) is 64.8 Å². The highest BCUT2D eigenvalue weighted by Crippen LogP contribution is 2.32. The van der Waals surface area contributed by atoms with E-state index in [2.05, 4.69) is 20.6 Å². The van der Waals surface area contributed by atoms with Gasteiger partial charge >= 0.3 is 6.03 Å². The predicted octanol–water partition coefficient (Wildman–Crippen LogP) is 5.73. The summed E-state index contributed by atoms with van der Waals surface area (Å²) in [6.07, 6.45) is 1.53. The molecule has 3 rings (SSSR count). The number of nitrogens with one attached hydrogen (secondary N) is 2. The third kappa shape index (κ3) is 6.04. The minimum absolute atomic E-state index is 0.228. The number of amides is 2. The second-order valence-corrected chi connectivity index (χ2v) is 8.61. The van der Waals surface area contributed by atoms with Crippen molar-refractivity contribution in [1.29, 1.82) is 0 Å². The summed E-state index contributed by atoms with van der Waals surface area (Å²) in [5.74, 6) is 1.20. The SMILES string of the molecule is COc1ccc(N(C(=O)Nc2cccc(Cl)c2Cl)c2ccnc(NC(C)C(C)(C)O)n2)cc1. The number of carbonyl (C=O) groups excluding carboxylic acids is 1. The molecule has 0 aliphatic rings. The molecule has 1 heterocycles. The van der Waals surface area contributed by atoms with E-state index in [9.17, 15) is 9.90 Å². The first-order chi connectivity index (χ1) is 15.6. The number of nitrogens with zero attached hydrogens (tertiary/aromatic N) is 3. The zero-order chi connectivity index (χ0) is 24.2. The normalized spacial score (nSPS) is 12.1. The van der Waals surface area contributed by atoms with Crippen molar-refractivity contribution in [3.8, 4) is 5.75 Å². The Hall–Kier alpha value is -3.07. The van der Waals surface area contributed by atoms with Crippen molar-refractivity contribution in [2.45, 2.75) is 32.4 Å². The van der Waals surface area contributed by atoms with Crippen molar-refractivity contribution >= 4 is 52.4 Å². The third-order valence-electron chi connectivity index (χ3n) is 5.00. The van der Waals surface area contributed by atoms with E-state index in [1.165, 1.54) is 11.1 Å². The Kier molecular flexibility index (Phi) is 7.63. The van der Waals surface area contributed by atoms with Gasteiger partial charge in [0.25, 0.3) is 0 Å². The molecule has 33 heavy (non-hydrogen) atoms. The fourth-order valence-corrected chi connectivity index (χ4v) is 3.12. The molecular formula is C23H25Cl2N5O3. The summed E-state index contributed by atoms with van der Waals surface area (Å²) in [7, 11) is 1.56. The summed E-state index contributed by atoms with van der Waals surface area (Å²) >= 11 is 12.3. The molecule has 174 valence electrons. The lowest BCUT2D eigenvalue weighted by Crippen LogP contribution is -2.40. The Morgan fingerprint density at radius 3 is 2.48 bits per heavy atom. The minimum atomic E-state index is -1.00. The monoisotopic (exact) mass is 489 g/mol. The minimum Gasteiger partial charge on any atom is -0.497 e. The molecule has 0 saturated carbocycles. The second kappa shape index (κ2) is 10.2. The lowest BCUT2D eigenvalue weighted by Gasteiger charge is -2.27. The summed E-state index contributed by atoms with van der Waals surface area (Å²) in [6.45, 7) is 5.17. The molecule has 8 nitrogen and oxygen atoms in total. The van der Waals surface area contributed by atoms with Crippen LogP contribution in [0.4, 0.5) is 27.9 Å². The molecule has 1 atom stereocenters. The van der Waals surface area contributed by atoms with Crippen LogP contribution in [0.25, 0.3) is 0 Å². The predicted molar refractivity (Wildman–Crippen MR) is 132 cm³/mol. The van der Waals surface area contributed by atoms with Crippen LogP contribution in [0.2, 0.25) is 10.0 Å². The molecule has 0 spiro atoms. The van der Waals surface area contributed by atoms with Gasteiger partial charge in [-0.3, -0.25) is 0 Å². The van der Waals surface area contributed by atoms with Gasteiger partial charge in [0, 0.05) is 12.3 Å². The van der Waals surface area contributed by atoms with Gasteiger partial charge in [-0.2, -0.15) is 4.98 Å². The van der Waals surface area contributed by atoms with E-state index in [4.69, 9.17) is 27.9 Å². The lowest BCUT2D eigenvalue weighted by atomic mass is 10.0. The average Bonchev–Trinajstić information content (AvgIpc) is 2.77. The molecule has 10 heteroatoms. The molecule has 2 aromatic carbocycles. The Bertz CT molecular complexity index is 1120. The van der Waals surface area contributed by atoms with Crippen LogP contribution in [0.1, 0.15) is 20.8 Å². The Balaban J connectivity index is 1.99. The van der Waals surface area contributed by atoms with Crippen LogP contribution < -0.4 is 20.3 Å². The maximum absolute atomic E-state index is 13.4. The first-order valence-electron chi connectivity index (χ1n) is 10.1. The molecule has 0 radical (unpaired) electrons. The summed E-state index contributed by atoms with van der Waals surface area (Å²) in [4.78, 5) is 23.5. The number of hydrogen-bond donors (Lipinski definition) is 3. The van der Waals surface area contributed by atoms with Gasteiger partial charge in [0.2, 0.25) is 5.95 Å². The molecule has 0 bridgehead atoms. The Labute approximate surface area is 202 Å². The van der Waals surface area contributed by atoms with Gasteiger partial charge in [-0.1, -0.05) is 29.3 Å². The molecule has 0 saturated heterocycles. The maximum Gasteiger partial charge on any atom is 0.332 e. The molecule has 3 N–H and O–H groups in total. The van der Waals surface area contributed by atoms with E-state index >= 15 is 0 Å². The van der Waals surface area contributed by atoms with E-state index in [-0.39, 0.29) is 17.0 Å². The maximum atomic E-state index is 13.4. The van der Waals surface area contributed by atoms with E-state index in [1.807, 2.05) is 6.92 Å². The van der Waals surface area contributed by atoms with Gasteiger partial charge in [-0.15, -0.1) is 0 Å². The van der Waals surface area contributed by atoms with Gasteiger partial charge in [0.15, 0.2) is 0 Å². The fraction of sp³-hybridized carbons (Fsp3) is 0.261. The van der Waals surface area contributed by atoms with Crippen molar-refractivity contribution < 1.29 is 14.6 Å². The number of ether oxygens (including phenoxy) is 1. The number of carbonyl (C=O) groups is 1. The van der Waals surface area contributed by atoms with Crippen LogP contribution in [0.5, 0.6) is 5.75 Å². The zero-order valence-electron chi connectivity index (χ0n) is 18.6. The average molecular weight is 490 g/mol. The fourth-order valence-electron chi connectivity index (χ4n) is 2.77. The Morgan fingerprint density at radius 2 is 1.85 bits per heavy atom. The van der Waals surface area contributed by atoms with E-state index in [0.29, 0.717) is 28.0 Å². The molecule has 1 aromatic heterocycles. The summed E-state index contributed by atoms with van der Waals surface area (Å²) in [5, 5.41) is 16.6. The highest BCUT2D eigenvalue weighted by molar-refractivity contribution is 6.44.